The van der Waals surface area contributed by atoms with Crippen molar-refractivity contribution in [3.05, 3.63) is 11.3 Å². The molecule has 1 aromatic rings. The molecule has 1 aromatic heterocycles. The summed E-state index contributed by atoms with van der Waals surface area (Å²) in [6, 6.07) is 0. The van der Waals surface area contributed by atoms with Gasteiger partial charge in [-0.25, -0.2) is 9.48 Å². The van der Waals surface area contributed by atoms with Crippen molar-refractivity contribution >= 4 is 59.0 Å². The molecule has 13 nitrogen and oxygen atoms in total. The number of carboxylic acids is 1. The van der Waals surface area contributed by atoms with Crippen molar-refractivity contribution in [1.29, 1.82) is 0 Å². The molecule has 0 bridgehead atoms. The number of rotatable bonds is 10. The SMILES string of the molecule is CCSC(NC(=O)C(F)(F)F)C(=O)N[C@]1(OC)C(=O)N2C(C(=O)O)=C(CSc3nnnn3C)CS[C@H]21. The predicted octanol–water partition coefficient (Wildman–Crippen LogP) is -0.227. The van der Waals surface area contributed by atoms with Gasteiger partial charge in [-0.3, -0.25) is 19.3 Å². The molecule has 198 valence electrons. The molecule has 1 unspecified atom stereocenters. The van der Waals surface area contributed by atoms with Crippen LogP contribution in [0.5, 0.6) is 0 Å². The monoisotopic (exact) mass is 571 g/mol. The number of aliphatic carboxylic acids is 1. The van der Waals surface area contributed by atoms with Crippen LogP contribution in [0.25, 0.3) is 0 Å². The number of fused-ring (bicyclic) bond motifs is 1. The Morgan fingerprint density at radius 1 is 1.39 bits per heavy atom. The van der Waals surface area contributed by atoms with Crippen LogP contribution in [-0.2, 0) is 31.0 Å². The molecule has 3 rings (SSSR count). The number of amides is 3. The third-order valence-electron chi connectivity index (χ3n) is 4.99. The van der Waals surface area contributed by atoms with Crippen LogP contribution in [0.2, 0.25) is 0 Å². The van der Waals surface area contributed by atoms with Crippen LogP contribution in [0.15, 0.2) is 16.4 Å². The maximum absolute atomic E-state index is 13.2. The van der Waals surface area contributed by atoms with E-state index in [4.69, 9.17) is 4.74 Å². The number of ether oxygens (including phenoxy) is 1. The molecule has 2 aliphatic rings. The molecule has 1 saturated heterocycles. The van der Waals surface area contributed by atoms with Crippen LogP contribution in [0, 0.1) is 0 Å². The van der Waals surface area contributed by atoms with E-state index < -0.39 is 46.3 Å². The number of β-lactam (4-membered cyclic amide) rings is 1. The lowest BCUT2D eigenvalue weighted by Gasteiger charge is -2.56. The van der Waals surface area contributed by atoms with Gasteiger partial charge in [-0.15, -0.1) is 28.6 Å². The van der Waals surface area contributed by atoms with Crippen LogP contribution >= 0.6 is 35.3 Å². The van der Waals surface area contributed by atoms with E-state index >= 15 is 0 Å². The molecule has 0 aliphatic carbocycles. The number of alkyl halides is 3. The van der Waals surface area contributed by atoms with E-state index in [1.165, 1.54) is 4.68 Å². The number of aromatic nitrogens is 4. The summed E-state index contributed by atoms with van der Waals surface area (Å²) in [6.07, 6.45) is -5.22. The van der Waals surface area contributed by atoms with Crippen molar-refractivity contribution < 1.29 is 42.2 Å². The second-order valence-electron chi connectivity index (χ2n) is 7.21. The van der Waals surface area contributed by atoms with Crippen molar-refractivity contribution in [2.24, 2.45) is 7.05 Å². The van der Waals surface area contributed by atoms with Gasteiger partial charge in [0, 0.05) is 25.7 Å². The van der Waals surface area contributed by atoms with Gasteiger partial charge in [0.25, 0.3) is 17.5 Å². The summed E-state index contributed by atoms with van der Waals surface area (Å²) in [5.41, 5.74) is -1.93. The van der Waals surface area contributed by atoms with Crippen molar-refractivity contribution in [2.75, 3.05) is 24.4 Å². The molecule has 0 spiro atoms. The topological polar surface area (TPSA) is 169 Å². The van der Waals surface area contributed by atoms with Gasteiger partial charge in [0.1, 0.15) is 11.1 Å². The lowest BCUT2D eigenvalue weighted by molar-refractivity contribution is -0.192. The minimum absolute atomic E-state index is 0.146. The average molecular weight is 572 g/mol. The second-order valence-corrected chi connectivity index (χ2v) is 10.6. The van der Waals surface area contributed by atoms with E-state index in [0.717, 1.165) is 35.5 Å². The molecule has 0 aromatic carbocycles. The summed E-state index contributed by atoms with van der Waals surface area (Å²) in [4.78, 5) is 50.3. The number of hydrogen-bond donors (Lipinski definition) is 3. The highest BCUT2D eigenvalue weighted by molar-refractivity contribution is 8.01. The third kappa shape index (κ3) is 5.28. The molecule has 19 heteroatoms. The van der Waals surface area contributed by atoms with Crippen LogP contribution in [0.1, 0.15) is 6.92 Å². The number of carbonyl (C=O) groups is 4. The number of nitrogens with zero attached hydrogens (tertiary/aromatic N) is 5. The first kappa shape index (κ1) is 28.1. The van der Waals surface area contributed by atoms with Gasteiger partial charge < -0.3 is 20.5 Å². The highest BCUT2D eigenvalue weighted by Crippen LogP contribution is 2.47. The summed E-state index contributed by atoms with van der Waals surface area (Å²) in [6.45, 7) is 1.56. The number of carboxylic acid groups (broad SMARTS) is 1. The third-order valence-corrected chi connectivity index (χ3v) is 8.46. The quantitative estimate of drug-likeness (QED) is 0.192. The molecule has 2 aliphatic heterocycles. The zero-order chi connectivity index (χ0) is 26.8. The molecule has 3 amide bonds. The maximum atomic E-state index is 13.2. The zero-order valence-electron chi connectivity index (χ0n) is 18.9. The average Bonchev–Trinajstić information content (AvgIpc) is 3.23. The number of nitrogens with one attached hydrogen (secondary N) is 2. The zero-order valence-corrected chi connectivity index (χ0v) is 21.3. The lowest BCUT2D eigenvalue weighted by Crippen LogP contribution is -2.81. The fourth-order valence-electron chi connectivity index (χ4n) is 3.35. The summed E-state index contributed by atoms with van der Waals surface area (Å²) in [5.74, 6) is -5.25. The summed E-state index contributed by atoms with van der Waals surface area (Å²) in [7, 11) is 2.71. The summed E-state index contributed by atoms with van der Waals surface area (Å²) in [5, 5.41) is 22.4. The first-order valence-electron chi connectivity index (χ1n) is 9.99. The normalized spacial score (nSPS) is 22.6. The number of carbonyl (C=O) groups excluding carboxylic acids is 3. The van der Waals surface area contributed by atoms with Gasteiger partial charge in [-0.2, -0.15) is 13.2 Å². The highest BCUT2D eigenvalue weighted by atomic mass is 32.2. The van der Waals surface area contributed by atoms with Gasteiger partial charge in [0.15, 0.2) is 5.37 Å². The Balaban J connectivity index is 1.81. The molecule has 3 N–H and O–H groups in total. The van der Waals surface area contributed by atoms with Crippen molar-refractivity contribution in [2.45, 2.75) is 34.7 Å². The Hall–Kier alpha value is -2.51. The highest BCUT2D eigenvalue weighted by Gasteiger charge is 2.67. The van der Waals surface area contributed by atoms with Gasteiger partial charge >= 0.3 is 18.1 Å². The second kappa shape index (κ2) is 10.9. The van der Waals surface area contributed by atoms with E-state index in [-0.39, 0.29) is 23.0 Å². The van der Waals surface area contributed by atoms with Crippen molar-refractivity contribution in [3.63, 3.8) is 0 Å². The van der Waals surface area contributed by atoms with E-state index in [1.807, 2.05) is 0 Å². The smallest absolute Gasteiger partial charge is 0.471 e. The van der Waals surface area contributed by atoms with E-state index in [2.05, 4.69) is 20.8 Å². The van der Waals surface area contributed by atoms with Gasteiger partial charge in [-0.1, -0.05) is 18.7 Å². The Bertz CT molecular complexity index is 1100. The Kier molecular flexibility index (Phi) is 8.46. The molecule has 1 fully saturated rings. The molecular formula is C17H20F3N7O6S3. The number of hydrogen-bond acceptors (Lipinski definition) is 11. The minimum atomic E-state index is -5.22. The van der Waals surface area contributed by atoms with E-state index in [0.29, 0.717) is 22.5 Å². The van der Waals surface area contributed by atoms with Crippen molar-refractivity contribution in [3.8, 4) is 0 Å². The molecule has 3 heterocycles. The number of halogens is 3. The van der Waals surface area contributed by atoms with E-state index in [9.17, 15) is 37.5 Å². The predicted molar refractivity (Wildman–Crippen MR) is 121 cm³/mol. The van der Waals surface area contributed by atoms with Crippen LogP contribution in [0.3, 0.4) is 0 Å². The minimum Gasteiger partial charge on any atom is -0.477 e. The first-order valence-corrected chi connectivity index (χ1v) is 13.1. The summed E-state index contributed by atoms with van der Waals surface area (Å²) >= 11 is 2.97. The van der Waals surface area contributed by atoms with Gasteiger partial charge in [0.2, 0.25) is 5.16 Å². The molecule has 3 atom stereocenters. The van der Waals surface area contributed by atoms with Crippen LogP contribution in [-0.4, -0.2) is 101 Å². The Morgan fingerprint density at radius 2 is 2.08 bits per heavy atom. The Morgan fingerprint density at radius 3 is 2.61 bits per heavy atom. The van der Waals surface area contributed by atoms with Gasteiger partial charge in [0.05, 0.1) is 0 Å². The molecule has 0 radical (unpaired) electrons. The Labute approximate surface area is 214 Å². The largest absolute Gasteiger partial charge is 0.477 e. The van der Waals surface area contributed by atoms with E-state index in [1.54, 1.807) is 19.3 Å². The number of thioether (sulfide) groups is 3. The number of aryl methyl sites for hydroxylation is 1. The first-order chi connectivity index (χ1) is 16.9. The molecule has 36 heavy (non-hydrogen) atoms. The lowest BCUT2D eigenvalue weighted by atomic mass is 9.98. The fourth-order valence-corrected chi connectivity index (χ4v) is 6.51. The van der Waals surface area contributed by atoms with Crippen molar-refractivity contribution in [1.82, 2.24) is 35.7 Å². The fraction of sp³-hybridized carbons (Fsp3) is 0.588. The number of methoxy groups -OCH3 is 1. The van der Waals surface area contributed by atoms with Gasteiger partial charge in [-0.05, 0) is 21.8 Å². The molecular weight excluding hydrogens is 551 g/mol. The number of tetrazole rings is 1. The standard InChI is InChI=1S/C17H20F3N7O6S3/c1-4-34-10(21-12(31)17(18,19)20)9(28)22-16(33-3)13(32)27-8(11(29)30)7(5-35-14(16)27)6-36-15-23-24-25-26(15)2/h10,14H,4-6H2,1-3H3,(H,21,31)(H,22,28)(H,29,30)/t10?,14-,16-/m0/s1. The van der Waals surface area contributed by atoms with Crippen LogP contribution < -0.4 is 10.6 Å². The maximum Gasteiger partial charge on any atom is 0.471 e. The summed E-state index contributed by atoms with van der Waals surface area (Å²) < 4.78 is 44.8. The van der Waals surface area contributed by atoms with Crippen LogP contribution in [0.4, 0.5) is 13.2 Å². The molecule has 0 saturated carbocycles.